The van der Waals surface area contributed by atoms with Gasteiger partial charge in [-0.1, -0.05) is 19.9 Å². The Bertz CT molecular complexity index is 557. The normalized spacial score (nSPS) is 13.7. The van der Waals surface area contributed by atoms with Crippen LogP contribution in [0.15, 0.2) is 18.2 Å². The van der Waals surface area contributed by atoms with Gasteiger partial charge >= 0.3 is 6.03 Å². The number of hydrogen-bond acceptors (Lipinski definition) is 4. The van der Waals surface area contributed by atoms with E-state index in [1.165, 1.54) is 0 Å². The van der Waals surface area contributed by atoms with Crippen molar-refractivity contribution in [2.75, 3.05) is 30.3 Å². The zero-order valence-electron chi connectivity index (χ0n) is 13.2. The summed E-state index contributed by atoms with van der Waals surface area (Å²) in [5, 5.41) is 5.04. The molecule has 0 aromatic heterocycles. The molecule has 1 heterocycles. The highest BCUT2D eigenvalue weighted by Gasteiger charge is 2.21. The van der Waals surface area contributed by atoms with Crippen LogP contribution in [0.3, 0.4) is 0 Å². The summed E-state index contributed by atoms with van der Waals surface area (Å²) in [6.45, 7) is 5.49. The number of nitrogens with two attached hydrogens (primary N) is 1. The fourth-order valence-electron chi connectivity index (χ4n) is 2.57. The number of nitrogens with one attached hydrogen (secondary N) is 2. The van der Waals surface area contributed by atoms with Gasteiger partial charge < -0.3 is 16.0 Å². The van der Waals surface area contributed by atoms with E-state index in [0.29, 0.717) is 12.5 Å². The maximum absolute atomic E-state index is 12.0. The van der Waals surface area contributed by atoms with Crippen molar-refractivity contribution in [2.45, 2.75) is 26.7 Å². The summed E-state index contributed by atoms with van der Waals surface area (Å²) in [4.78, 5) is 25.6. The lowest BCUT2D eigenvalue weighted by atomic mass is 10.00. The van der Waals surface area contributed by atoms with Gasteiger partial charge in [-0.3, -0.25) is 10.1 Å². The Morgan fingerprint density at radius 1 is 1.36 bits per heavy atom. The Hall–Kier alpha value is -2.24. The summed E-state index contributed by atoms with van der Waals surface area (Å²) in [6.07, 6.45) is 1.88. The maximum atomic E-state index is 12.0. The van der Waals surface area contributed by atoms with Crippen LogP contribution in [0.5, 0.6) is 0 Å². The molecule has 0 radical (unpaired) electrons. The number of rotatable bonds is 4. The van der Waals surface area contributed by atoms with Gasteiger partial charge in [0.2, 0.25) is 5.91 Å². The van der Waals surface area contributed by atoms with Crippen molar-refractivity contribution in [3.63, 3.8) is 0 Å². The molecule has 0 fully saturated rings. The molecule has 6 heteroatoms. The van der Waals surface area contributed by atoms with Crippen LogP contribution in [0, 0.1) is 5.92 Å². The van der Waals surface area contributed by atoms with Gasteiger partial charge in [0, 0.05) is 24.5 Å². The summed E-state index contributed by atoms with van der Waals surface area (Å²) in [5.41, 5.74) is 8.83. The molecule has 22 heavy (non-hydrogen) atoms. The number of fused-ring (bicyclic) bond motifs is 1. The van der Waals surface area contributed by atoms with Gasteiger partial charge in [-0.05, 0) is 36.5 Å². The number of imide groups is 1. The molecule has 6 nitrogen and oxygen atoms in total. The van der Waals surface area contributed by atoms with Crippen LogP contribution in [-0.4, -0.2) is 31.6 Å². The second-order valence-electron chi connectivity index (χ2n) is 6.02. The van der Waals surface area contributed by atoms with Crippen LogP contribution in [0.25, 0.3) is 0 Å². The fraction of sp³-hybridized carbons (Fsp3) is 0.500. The average Bonchev–Trinajstić information content (AvgIpc) is 2.46. The van der Waals surface area contributed by atoms with Crippen LogP contribution in [0.1, 0.15) is 25.8 Å². The van der Waals surface area contributed by atoms with Gasteiger partial charge in [0.25, 0.3) is 0 Å². The quantitative estimate of drug-likeness (QED) is 0.736. The molecule has 1 aliphatic heterocycles. The predicted octanol–water partition coefficient (Wildman–Crippen LogP) is 1.50. The minimum Gasteiger partial charge on any atom is -0.398 e. The zero-order chi connectivity index (χ0) is 16.1. The third-order valence-corrected chi connectivity index (χ3v) is 3.64. The SMILES string of the molecule is CC(C)CNC(=O)NC(=O)CN1CCCc2c(N)cccc21. The Labute approximate surface area is 131 Å². The van der Waals surface area contributed by atoms with E-state index in [1.807, 2.05) is 36.9 Å². The van der Waals surface area contributed by atoms with E-state index in [2.05, 4.69) is 10.6 Å². The Balaban J connectivity index is 1.93. The first-order valence-corrected chi connectivity index (χ1v) is 7.67. The number of urea groups is 1. The average molecular weight is 304 g/mol. The molecule has 0 unspecified atom stereocenters. The van der Waals surface area contributed by atoms with Crippen LogP contribution >= 0.6 is 0 Å². The second-order valence-corrected chi connectivity index (χ2v) is 6.02. The van der Waals surface area contributed by atoms with E-state index in [4.69, 9.17) is 5.73 Å². The molecule has 1 aromatic carbocycles. The van der Waals surface area contributed by atoms with Crippen molar-refractivity contribution in [3.8, 4) is 0 Å². The molecule has 1 aliphatic rings. The highest BCUT2D eigenvalue weighted by Crippen LogP contribution is 2.30. The Morgan fingerprint density at radius 2 is 2.14 bits per heavy atom. The standard InChI is InChI=1S/C16H24N4O2/c1-11(2)9-18-16(22)19-15(21)10-20-8-4-5-12-13(17)6-3-7-14(12)20/h3,6-7,11H,4-5,8-10,17H2,1-2H3,(H2,18,19,21,22). The lowest BCUT2D eigenvalue weighted by molar-refractivity contribution is -0.118. The number of benzene rings is 1. The van der Waals surface area contributed by atoms with E-state index in [9.17, 15) is 9.59 Å². The van der Waals surface area contributed by atoms with Crippen molar-refractivity contribution in [1.29, 1.82) is 0 Å². The number of nitrogen functional groups attached to an aromatic ring is 1. The van der Waals surface area contributed by atoms with Gasteiger partial charge in [0.05, 0.1) is 6.54 Å². The summed E-state index contributed by atoms with van der Waals surface area (Å²) >= 11 is 0. The van der Waals surface area contributed by atoms with E-state index in [1.54, 1.807) is 0 Å². The number of anilines is 2. The monoisotopic (exact) mass is 304 g/mol. The van der Waals surface area contributed by atoms with Crippen molar-refractivity contribution in [2.24, 2.45) is 5.92 Å². The van der Waals surface area contributed by atoms with Crippen LogP contribution in [0.2, 0.25) is 0 Å². The molecule has 1 aromatic rings. The molecule has 4 N–H and O–H groups in total. The predicted molar refractivity (Wildman–Crippen MR) is 87.8 cm³/mol. The Kier molecular flexibility index (Phi) is 5.25. The molecule has 0 aliphatic carbocycles. The molecule has 0 atom stereocenters. The maximum Gasteiger partial charge on any atom is 0.321 e. The van der Waals surface area contributed by atoms with E-state index in [-0.39, 0.29) is 12.5 Å². The van der Waals surface area contributed by atoms with Crippen molar-refractivity contribution >= 4 is 23.3 Å². The largest absolute Gasteiger partial charge is 0.398 e. The van der Waals surface area contributed by atoms with Crippen molar-refractivity contribution in [1.82, 2.24) is 10.6 Å². The van der Waals surface area contributed by atoms with Gasteiger partial charge in [-0.25, -0.2) is 4.79 Å². The molecule has 0 spiro atoms. The first kappa shape index (κ1) is 16.1. The van der Waals surface area contributed by atoms with E-state index >= 15 is 0 Å². The summed E-state index contributed by atoms with van der Waals surface area (Å²) < 4.78 is 0. The Morgan fingerprint density at radius 3 is 2.86 bits per heavy atom. The van der Waals surface area contributed by atoms with Crippen LogP contribution < -0.4 is 21.3 Å². The number of carbonyl (C=O) groups excluding carboxylic acids is 2. The topological polar surface area (TPSA) is 87.5 Å². The molecular formula is C16H24N4O2. The minimum absolute atomic E-state index is 0.158. The molecule has 0 bridgehead atoms. The first-order chi connectivity index (χ1) is 10.5. The summed E-state index contributed by atoms with van der Waals surface area (Å²) in [6, 6.07) is 5.29. The lowest BCUT2D eigenvalue weighted by Gasteiger charge is -2.31. The highest BCUT2D eigenvalue weighted by molar-refractivity contribution is 5.96. The second kappa shape index (κ2) is 7.15. The number of carbonyl (C=O) groups is 2. The molecule has 3 amide bonds. The van der Waals surface area contributed by atoms with Crippen molar-refractivity contribution < 1.29 is 9.59 Å². The molecule has 2 rings (SSSR count). The van der Waals surface area contributed by atoms with Gasteiger partial charge in [0.1, 0.15) is 0 Å². The van der Waals surface area contributed by atoms with E-state index < -0.39 is 6.03 Å². The van der Waals surface area contributed by atoms with E-state index in [0.717, 1.165) is 36.3 Å². The summed E-state index contributed by atoms with van der Waals surface area (Å²) in [7, 11) is 0. The fourth-order valence-corrected chi connectivity index (χ4v) is 2.57. The number of amides is 3. The molecule has 0 saturated heterocycles. The number of nitrogens with zero attached hydrogens (tertiary/aromatic N) is 1. The zero-order valence-corrected chi connectivity index (χ0v) is 13.2. The smallest absolute Gasteiger partial charge is 0.321 e. The third kappa shape index (κ3) is 4.13. The third-order valence-electron chi connectivity index (χ3n) is 3.64. The minimum atomic E-state index is -0.441. The molecule has 120 valence electrons. The van der Waals surface area contributed by atoms with Gasteiger partial charge in [-0.2, -0.15) is 0 Å². The van der Waals surface area contributed by atoms with Gasteiger partial charge in [0.15, 0.2) is 0 Å². The van der Waals surface area contributed by atoms with Crippen LogP contribution in [0.4, 0.5) is 16.2 Å². The first-order valence-electron chi connectivity index (χ1n) is 7.67. The highest BCUT2D eigenvalue weighted by atomic mass is 16.2. The lowest BCUT2D eigenvalue weighted by Crippen LogP contribution is -2.46. The van der Waals surface area contributed by atoms with Crippen molar-refractivity contribution in [3.05, 3.63) is 23.8 Å². The van der Waals surface area contributed by atoms with Crippen LogP contribution in [-0.2, 0) is 11.2 Å². The number of hydrogen-bond donors (Lipinski definition) is 3. The van der Waals surface area contributed by atoms with Gasteiger partial charge in [-0.15, -0.1) is 0 Å². The molecular weight excluding hydrogens is 280 g/mol. The molecule has 0 saturated carbocycles. The summed E-state index contributed by atoms with van der Waals surface area (Å²) in [5.74, 6) is 0.0364.